The van der Waals surface area contributed by atoms with E-state index in [4.69, 9.17) is 4.18 Å². The summed E-state index contributed by atoms with van der Waals surface area (Å²) in [6.45, 7) is 15.4. The van der Waals surface area contributed by atoms with Gasteiger partial charge in [0.25, 0.3) is 0 Å². The SMILES string of the molecule is C=C1CC[C@H]2C(C)(C)CCC[C@]2(C)[C@H]1C/C(OS(=O)(=O)O)=C(\C)CCC/C(C)=C/Cc1cc(O)ccc1O. The molecule has 3 rings (SSSR count). The van der Waals surface area contributed by atoms with Crippen LogP contribution in [0.3, 0.4) is 0 Å². The fraction of sp³-hybridized carbons (Fsp3) is 0.613. The van der Waals surface area contributed by atoms with Gasteiger partial charge in [-0.1, -0.05) is 51.0 Å². The summed E-state index contributed by atoms with van der Waals surface area (Å²) in [5.74, 6) is 1.25. The van der Waals surface area contributed by atoms with E-state index in [0.717, 1.165) is 55.2 Å². The lowest BCUT2D eigenvalue weighted by Crippen LogP contribution is -2.49. The van der Waals surface area contributed by atoms with E-state index in [0.29, 0.717) is 36.5 Å². The zero-order chi connectivity index (χ0) is 28.3. The molecule has 0 spiro atoms. The summed E-state index contributed by atoms with van der Waals surface area (Å²) in [4.78, 5) is 0. The van der Waals surface area contributed by atoms with Crippen molar-refractivity contribution in [1.82, 2.24) is 0 Å². The maximum absolute atomic E-state index is 11.8. The van der Waals surface area contributed by atoms with Crippen molar-refractivity contribution in [3.05, 3.63) is 58.9 Å². The number of allylic oxidation sites excluding steroid dienone is 5. The van der Waals surface area contributed by atoms with E-state index in [1.807, 2.05) is 19.9 Å². The summed E-state index contributed by atoms with van der Waals surface area (Å²) in [6.07, 6.45) is 10.7. The Kier molecular flexibility index (Phi) is 9.46. The van der Waals surface area contributed by atoms with E-state index in [1.54, 1.807) is 6.07 Å². The first-order valence-electron chi connectivity index (χ1n) is 13.8. The van der Waals surface area contributed by atoms with Crippen LogP contribution in [0.25, 0.3) is 0 Å². The summed E-state index contributed by atoms with van der Waals surface area (Å²) >= 11 is 0. The molecule has 3 atom stereocenters. The highest BCUT2D eigenvalue weighted by atomic mass is 32.3. The summed E-state index contributed by atoms with van der Waals surface area (Å²) in [7, 11) is -4.64. The second kappa shape index (κ2) is 11.9. The predicted octanol–water partition coefficient (Wildman–Crippen LogP) is 8.04. The number of rotatable bonds is 10. The van der Waals surface area contributed by atoms with Gasteiger partial charge >= 0.3 is 10.4 Å². The first kappa shape index (κ1) is 30.3. The molecule has 0 bridgehead atoms. The Morgan fingerprint density at radius 3 is 2.55 bits per heavy atom. The second-order valence-corrected chi connectivity index (χ2v) is 13.5. The Hall–Kier alpha value is -2.25. The lowest BCUT2D eigenvalue weighted by molar-refractivity contribution is -0.0535. The standard InChI is InChI=1S/C31H46O6S/c1-21(11-13-24-19-25(32)14-15-27(24)33)9-7-10-23(3)28(37-38(34,35)36)20-26-22(2)12-16-29-30(4,5)17-8-18-31(26,29)6/h11,14-15,19,26,29,32-33H,2,7-10,12-13,16-18,20H2,1,3-6H3,(H,34,35,36)/b21-11+,28-23-/t26-,29-,31+/m0/s1. The van der Waals surface area contributed by atoms with Gasteiger partial charge < -0.3 is 14.4 Å². The van der Waals surface area contributed by atoms with E-state index >= 15 is 0 Å². The van der Waals surface area contributed by atoms with Crippen molar-refractivity contribution in [2.45, 2.75) is 98.8 Å². The molecule has 0 unspecified atom stereocenters. The van der Waals surface area contributed by atoms with Gasteiger partial charge in [0, 0.05) is 12.0 Å². The van der Waals surface area contributed by atoms with Crippen molar-refractivity contribution in [1.29, 1.82) is 0 Å². The average molecular weight is 547 g/mol. The summed E-state index contributed by atoms with van der Waals surface area (Å²) < 4.78 is 38.4. The smallest absolute Gasteiger partial charge is 0.446 e. The van der Waals surface area contributed by atoms with Gasteiger partial charge in [0.2, 0.25) is 0 Å². The second-order valence-electron chi connectivity index (χ2n) is 12.5. The third kappa shape index (κ3) is 7.44. The molecule has 2 aliphatic carbocycles. The van der Waals surface area contributed by atoms with Gasteiger partial charge in [-0.05, 0) is 112 Å². The maximum Gasteiger partial charge on any atom is 0.446 e. The molecule has 212 valence electrons. The first-order chi connectivity index (χ1) is 17.6. The van der Waals surface area contributed by atoms with Gasteiger partial charge in [-0.3, -0.25) is 4.55 Å². The van der Waals surface area contributed by atoms with Gasteiger partial charge in [-0.25, -0.2) is 0 Å². The Bertz CT molecular complexity index is 1190. The fourth-order valence-corrected chi connectivity index (χ4v) is 7.60. The maximum atomic E-state index is 11.8. The molecule has 0 aliphatic heterocycles. The number of benzene rings is 1. The van der Waals surface area contributed by atoms with Gasteiger partial charge in [0.1, 0.15) is 17.3 Å². The van der Waals surface area contributed by atoms with Crippen LogP contribution in [0, 0.1) is 22.7 Å². The average Bonchev–Trinajstić information content (AvgIpc) is 2.79. The molecular formula is C31H46O6S. The molecule has 0 heterocycles. The molecular weight excluding hydrogens is 500 g/mol. The number of hydrogen-bond donors (Lipinski definition) is 3. The van der Waals surface area contributed by atoms with E-state index in [1.165, 1.54) is 18.6 Å². The Morgan fingerprint density at radius 2 is 1.87 bits per heavy atom. The van der Waals surface area contributed by atoms with Crippen molar-refractivity contribution >= 4 is 10.4 Å². The molecule has 1 aromatic carbocycles. The minimum Gasteiger partial charge on any atom is -0.508 e. The molecule has 7 heteroatoms. The van der Waals surface area contributed by atoms with E-state index in [2.05, 4.69) is 27.4 Å². The monoisotopic (exact) mass is 546 g/mol. The minimum absolute atomic E-state index is 0.0158. The van der Waals surface area contributed by atoms with Gasteiger partial charge in [-0.2, -0.15) is 8.42 Å². The zero-order valence-electron chi connectivity index (χ0n) is 23.7. The van der Waals surface area contributed by atoms with E-state index in [9.17, 15) is 23.2 Å². The first-order valence-corrected chi connectivity index (χ1v) is 15.2. The van der Waals surface area contributed by atoms with Crippen molar-refractivity contribution in [2.24, 2.45) is 22.7 Å². The van der Waals surface area contributed by atoms with Crippen LogP contribution >= 0.6 is 0 Å². The van der Waals surface area contributed by atoms with Crippen molar-refractivity contribution < 1.29 is 27.4 Å². The largest absolute Gasteiger partial charge is 0.508 e. The van der Waals surface area contributed by atoms with Crippen molar-refractivity contribution in [2.75, 3.05) is 0 Å². The van der Waals surface area contributed by atoms with Crippen LogP contribution in [0.15, 0.2) is 53.3 Å². The van der Waals surface area contributed by atoms with Crippen molar-refractivity contribution in [3.8, 4) is 11.5 Å². The summed E-state index contributed by atoms with van der Waals surface area (Å²) in [5.41, 5.74) is 4.03. The molecule has 0 radical (unpaired) electrons. The van der Waals surface area contributed by atoms with E-state index in [-0.39, 0.29) is 28.2 Å². The number of phenols is 2. The van der Waals surface area contributed by atoms with Crippen molar-refractivity contribution in [3.63, 3.8) is 0 Å². The Balaban J connectivity index is 1.73. The molecule has 0 amide bonds. The highest BCUT2D eigenvalue weighted by Gasteiger charge is 2.53. The molecule has 0 aromatic heterocycles. The van der Waals surface area contributed by atoms with Gasteiger partial charge in [-0.15, -0.1) is 0 Å². The minimum atomic E-state index is -4.64. The molecule has 6 nitrogen and oxygen atoms in total. The Morgan fingerprint density at radius 1 is 1.16 bits per heavy atom. The molecule has 38 heavy (non-hydrogen) atoms. The van der Waals surface area contributed by atoms with Crippen LogP contribution in [0.5, 0.6) is 11.5 Å². The normalized spacial score (nSPS) is 26.5. The fourth-order valence-electron chi connectivity index (χ4n) is 7.14. The Labute approximate surface area is 229 Å². The lowest BCUT2D eigenvalue weighted by atomic mass is 9.47. The summed E-state index contributed by atoms with van der Waals surface area (Å²) in [6, 6.07) is 4.49. The number of phenolic OH excluding ortho intramolecular Hbond substituents is 2. The highest BCUT2D eigenvalue weighted by molar-refractivity contribution is 7.81. The third-order valence-electron chi connectivity index (χ3n) is 9.25. The topological polar surface area (TPSA) is 104 Å². The van der Waals surface area contributed by atoms with Gasteiger partial charge in [0.05, 0.1) is 0 Å². The molecule has 1 aromatic rings. The number of aromatic hydroxyl groups is 2. The molecule has 2 fully saturated rings. The molecule has 2 aliphatic rings. The number of hydrogen-bond acceptors (Lipinski definition) is 5. The summed E-state index contributed by atoms with van der Waals surface area (Å²) in [5, 5.41) is 19.6. The predicted molar refractivity (Wildman–Crippen MR) is 152 cm³/mol. The quantitative estimate of drug-likeness (QED) is 0.119. The van der Waals surface area contributed by atoms with Crippen LogP contribution in [-0.4, -0.2) is 23.2 Å². The number of fused-ring (bicyclic) bond motifs is 1. The van der Waals surface area contributed by atoms with Crippen LogP contribution in [0.4, 0.5) is 0 Å². The van der Waals surface area contributed by atoms with E-state index < -0.39 is 10.4 Å². The third-order valence-corrected chi connectivity index (χ3v) is 9.66. The van der Waals surface area contributed by atoms with Gasteiger partial charge in [0.15, 0.2) is 0 Å². The van der Waals surface area contributed by atoms with Crippen LogP contribution in [0.1, 0.15) is 98.0 Å². The molecule has 2 saturated carbocycles. The van der Waals surface area contributed by atoms with Crippen LogP contribution < -0.4 is 0 Å². The van der Waals surface area contributed by atoms with Crippen LogP contribution in [-0.2, 0) is 21.0 Å². The molecule has 3 N–H and O–H groups in total. The van der Waals surface area contributed by atoms with Crippen LogP contribution in [0.2, 0.25) is 0 Å². The highest BCUT2D eigenvalue weighted by Crippen LogP contribution is 2.62. The lowest BCUT2D eigenvalue weighted by Gasteiger charge is -2.58. The zero-order valence-corrected chi connectivity index (χ0v) is 24.5. The molecule has 0 saturated heterocycles.